The summed E-state index contributed by atoms with van der Waals surface area (Å²) in [4.78, 5) is 4.80. The molecule has 0 amide bonds. The fraction of sp³-hybridized carbons (Fsp3) is 0.571. The Morgan fingerprint density at radius 3 is 2.61 bits per heavy atom. The van der Waals surface area contributed by atoms with E-state index < -0.39 is 0 Å². The van der Waals surface area contributed by atoms with Crippen molar-refractivity contribution in [1.82, 2.24) is 9.80 Å². The molecule has 1 saturated heterocycles. The Kier molecular flexibility index (Phi) is 4.44. The molecule has 2 rings (SSSR count). The molecule has 1 heterocycles. The molecule has 0 aromatic heterocycles. The van der Waals surface area contributed by atoms with Crippen molar-refractivity contribution in [2.45, 2.75) is 6.92 Å². The van der Waals surface area contributed by atoms with Gasteiger partial charge in [-0.25, -0.2) is 0 Å². The molecule has 0 unspecified atom stereocenters. The first-order valence-electron chi connectivity index (χ1n) is 6.55. The number of para-hydroxylation sites is 1. The Morgan fingerprint density at radius 2 is 1.94 bits per heavy atom. The number of nitrogens with zero attached hydrogens (tertiary/aromatic N) is 2. The molecule has 1 aliphatic heterocycles. The highest BCUT2D eigenvalue weighted by molar-refractivity contribution is 5.56. The van der Waals surface area contributed by atoms with E-state index in [4.69, 9.17) is 10.5 Å². The third-order valence-electron chi connectivity index (χ3n) is 3.49. The summed E-state index contributed by atoms with van der Waals surface area (Å²) in [7, 11) is 2.17. The zero-order valence-electron chi connectivity index (χ0n) is 11.4. The van der Waals surface area contributed by atoms with E-state index in [1.807, 2.05) is 25.1 Å². The molecule has 0 radical (unpaired) electrons. The smallest absolute Gasteiger partial charge is 0.145 e. The van der Waals surface area contributed by atoms with Crippen molar-refractivity contribution in [3.8, 4) is 5.75 Å². The van der Waals surface area contributed by atoms with Crippen LogP contribution in [0.2, 0.25) is 0 Å². The van der Waals surface area contributed by atoms with Gasteiger partial charge in [-0.3, -0.25) is 4.90 Å². The number of nitrogen functional groups attached to an aromatic ring is 1. The summed E-state index contributed by atoms with van der Waals surface area (Å²) < 4.78 is 5.82. The maximum absolute atomic E-state index is 5.91. The molecule has 1 aliphatic rings. The van der Waals surface area contributed by atoms with Crippen LogP contribution in [-0.2, 0) is 0 Å². The molecule has 1 fully saturated rings. The molecule has 0 spiro atoms. The van der Waals surface area contributed by atoms with Crippen LogP contribution in [0.25, 0.3) is 0 Å². The third kappa shape index (κ3) is 3.37. The number of likely N-dealkylation sites (N-methyl/N-ethyl adjacent to an activating group) is 1. The number of anilines is 1. The Balaban J connectivity index is 1.78. The van der Waals surface area contributed by atoms with Gasteiger partial charge in [0.1, 0.15) is 12.4 Å². The van der Waals surface area contributed by atoms with Crippen LogP contribution in [0.15, 0.2) is 18.2 Å². The summed E-state index contributed by atoms with van der Waals surface area (Å²) in [6.45, 7) is 8.26. The highest BCUT2D eigenvalue weighted by Crippen LogP contribution is 2.25. The van der Waals surface area contributed by atoms with E-state index in [1.165, 1.54) is 0 Å². The standard InChI is InChI=1S/C14H23N3O/c1-12-4-3-5-13(15)14(12)18-11-10-17-8-6-16(2)7-9-17/h3-5H,6-11,15H2,1-2H3. The number of nitrogens with two attached hydrogens (primary N) is 1. The Morgan fingerprint density at radius 1 is 1.22 bits per heavy atom. The van der Waals surface area contributed by atoms with Crippen LogP contribution in [-0.4, -0.2) is 56.2 Å². The zero-order valence-corrected chi connectivity index (χ0v) is 11.4. The molecule has 18 heavy (non-hydrogen) atoms. The molecule has 1 aromatic carbocycles. The Hall–Kier alpha value is -1.26. The van der Waals surface area contributed by atoms with Crippen LogP contribution < -0.4 is 10.5 Å². The van der Waals surface area contributed by atoms with Gasteiger partial charge in [-0.05, 0) is 25.6 Å². The molecule has 100 valence electrons. The topological polar surface area (TPSA) is 41.7 Å². The van der Waals surface area contributed by atoms with Crippen LogP contribution >= 0.6 is 0 Å². The lowest BCUT2D eigenvalue weighted by atomic mass is 10.2. The molecule has 0 saturated carbocycles. The van der Waals surface area contributed by atoms with Gasteiger partial charge in [0.05, 0.1) is 5.69 Å². The minimum absolute atomic E-state index is 0.707. The minimum Gasteiger partial charge on any atom is -0.490 e. The summed E-state index contributed by atoms with van der Waals surface area (Å²) in [6.07, 6.45) is 0. The van der Waals surface area contributed by atoms with E-state index in [9.17, 15) is 0 Å². The largest absolute Gasteiger partial charge is 0.490 e. The van der Waals surface area contributed by atoms with Crippen molar-refractivity contribution < 1.29 is 4.74 Å². The predicted molar refractivity (Wildman–Crippen MR) is 75.0 cm³/mol. The fourth-order valence-corrected chi connectivity index (χ4v) is 2.22. The van der Waals surface area contributed by atoms with Crippen LogP contribution in [0.1, 0.15) is 5.56 Å². The quantitative estimate of drug-likeness (QED) is 0.814. The fourth-order valence-electron chi connectivity index (χ4n) is 2.22. The van der Waals surface area contributed by atoms with E-state index >= 15 is 0 Å². The number of hydrogen-bond acceptors (Lipinski definition) is 4. The van der Waals surface area contributed by atoms with Gasteiger partial charge in [0.15, 0.2) is 0 Å². The second kappa shape index (κ2) is 6.07. The molecular weight excluding hydrogens is 226 g/mol. The first kappa shape index (κ1) is 13.2. The normalized spacial score (nSPS) is 17.9. The zero-order chi connectivity index (χ0) is 13.0. The average Bonchev–Trinajstić information content (AvgIpc) is 2.35. The Bertz CT molecular complexity index is 366. The molecule has 0 bridgehead atoms. The van der Waals surface area contributed by atoms with E-state index in [2.05, 4.69) is 16.8 Å². The minimum atomic E-state index is 0.707. The highest BCUT2D eigenvalue weighted by Gasteiger charge is 2.13. The number of hydrogen-bond donors (Lipinski definition) is 1. The molecule has 0 atom stereocenters. The van der Waals surface area contributed by atoms with Crippen molar-refractivity contribution in [1.29, 1.82) is 0 Å². The van der Waals surface area contributed by atoms with Gasteiger partial charge in [0.2, 0.25) is 0 Å². The second-order valence-corrected chi connectivity index (χ2v) is 4.99. The number of ether oxygens (including phenoxy) is 1. The van der Waals surface area contributed by atoms with Gasteiger partial charge in [0, 0.05) is 32.7 Å². The first-order chi connectivity index (χ1) is 8.66. The van der Waals surface area contributed by atoms with Crippen LogP contribution in [0.4, 0.5) is 5.69 Å². The lowest BCUT2D eigenvalue weighted by Crippen LogP contribution is -2.45. The van der Waals surface area contributed by atoms with Gasteiger partial charge in [-0.1, -0.05) is 12.1 Å². The summed E-state index contributed by atoms with van der Waals surface area (Å²) in [5, 5.41) is 0. The lowest BCUT2D eigenvalue weighted by molar-refractivity contribution is 0.134. The van der Waals surface area contributed by atoms with Gasteiger partial charge in [-0.2, -0.15) is 0 Å². The molecule has 4 heteroatoms. The van der Waals surface area contributed by atoms with E-state index in [0.717, 1.165) is 49.7 Å². The van der Waals surface area contributed by atoms with Crippen molar-refractivity contribution in [3.05, 3.63) is 23.8 Å². The SMILES string of the molecule is Cc1cccc(N)c1OCCN1CCN(C)CC1. The van der Waals surface area contributed by atoms with E-state index in [1.54, 1.807) is 0 Å². The van der Waals surface area contributed by atoms with Crippen molar-refractivity contribution in [2.24, 2.45) is 0 Å². The van der Waals surface area contributed by atoms with Crippen LogP contribution in [0.5, 0.6) is 5.75 Å². The third-order valence-corrected chi connectivity index (χ3v) is 3.49. The molecular formula is C14H23N3O. The summed E-state index contributed by atoms with van der Waals surface area (Å²) in [5.41, 5.74) is 7.75. The number of rotatable bonds is 4. The van der Waals surface area contributed by atoms with Gasteiger partial charge in [0.25, 0.3) is 0 Å². The van der Waals surface area contributed by atoms with Crippen molar-refractivity contribution in [3.63, 3.8) is 0 Å². The maximum Gasteiger partial charge on any atom is 0.145 e. The molecule has 0 aliphatic carbocycles. The highest BCUT2D eigenvalue weighted by atomic mass is 16.5. The lowest BCUT2D eigenvalue weighted by Gasteiger charge is -2.32. The summed E-state index contributed by atoms with van der Waals surface area (Å²) >= 11 is 0. The second-order valence-electron chi connectivity index (χ2n) is 4.99. The van der Waals surface area contributed by atoms with Gasteiger partial charge < -0.3 is 15.4 Å². The molecule has 1 aromatic rings. The predicted octanol–water partition coefficient (Wildman–Crippen LogP) is 1.20. The van der Waals surface area contributed by atoms with Crippen molar-refractivity contribution in [2.75, 3.05) is 52.1 Å². The summed E-state index contributed by atoms with van der Waals surface area (Å²) in [5.74, 6) is 0.839. The molecule has 4 nitrogen and oxygen atoms in total. The monoisotopic (exact) mass is 249 g/mol. The maximum atomic E-state index is 5.91. The van der Waals surface area contributed by atoms with Crippen molar-refractivity contribution >= 4 is 5.69 Å². The number of benzene rings is 1. The molecule has 2 N–H and O–H groups in total. The Labute approximate surface area is 109 Å². The number of piperazine rings is 1. The van der Waals surface area contributed by atoms with Gasteiger partial charge in [-0.15, -0.1) is 0 Å². The van der Waals surface area contributed by atoms with Crippen LogP contribution in [0.3, 0.4) is 0 Å². The summed E-state index contributed by atoms with van der Waals surface area (Å²) in [6, 6.07) is 5.87. The first-order valence-corrected chi connectivity index (χ1v) is 6.55. The van der Waals surface area contributed by atoms with Crippen LogP contribution in [0, 0.1) is 6.92 Å². The van der Waals surface area contributed by atoms with E-state index in [-0.39, 0.29) is 0 Å². The van der Waals surface area contributed by atoms with E-state index in [0.29, 0.717) is 6.61 Å². The number of aryl methyl sites for hydroxylation is 1. The van der Waals surface area contributed by atoms with Gasteiger partial charge >= 0.3 is 0 Å². The average molecular weight is 249 g/mol.